The van der Waals surface area contributed by atoms with Gasteiger partial charge in [0.2, 0.25) is 27.1 Å². The molecule has 30 heavy (non-hydrogen) atoms. The van der Waals surface area contributed by atoms with Crippen molar-refractivity contribution in [3.63, 3.8) is 0 Å². The van der Waals surface area contributed by atoms with E-state index < -0.39 is 64.0 Å². The first-order valence-electron chi connectivity index (χ1n) is 8.55. The standard InChI is InChI=1S/C16H19Cl3N2O9/c1-4-28-12(25)16(20-8(3)22,13(26)29-5-2)9-6-10(23)21(11(9)24)14(27)30-7-15(17,18)19/h9H,4-7H2,1-3H3,(H,20,22). The van der Waals surface area contributed by atoms with E-state index in [-0.39, 0.29) is 18.1 Å². The summed E-state index contributed by atoms with van der Waals surface area (Å²) in [6.07, 6.45) is -2.29. The number of ether oxygens (including phenoxy) is 3. The van der Waals surface area contributed by atoms with Crippen LogP contribution >= 0.6 is 34.8 Å². The molecule has 0 spiro atoms. The van der Waals surface area contributed by atoms with E-state index in [1.165, 1.54) is 13.8 Å². The summed E-state index contributed by atoms with van der Waals surface area (Å²) in [7, 11) is 0. The van der Waals surface area contributed by atoms with Crippen molar-refractivity contribution >= 4 is 70.6 Å². The second-order valence-electron chi connectivity index (χ2n) is 5.92. The van der Waals surface area contributed by atoms with Crippen molar-refractivity contribution in [2.45, 2.75) is 36.5 Å². The van der Waals surface area contributed by atoms with Crippen LogP contribution in [-0.2, 0) is 38.2 Å². The Bertz CT molecular complexity index is 733. The van der Waals surface area contributed by atoms with Crippen molar-refractivity contribution < 1.29 is 43.0 Å². The zero-order chi connectivity index (χ0) is 23.3. The van der Waals surface area contributed by atoms with Crippen molar-refractivity contribution in [3.8, 4) is 0 Å². The number of alkyl halides is 3. The van der Waals surface area contributed by atoms with Crippen LogP contribution in [0.15, 0.2) is 0 Å². The highest BCUT2D eigenvalue weighted by atomic mass is 35.6. The topological polar surface area (TPSA) is 145 Å². The lowest BCUT2D eigenvalue weighted by Gasteiger charge is -2.33. The van der Waals surface area contributed by atoms with Gasteiger partial charge in [0, 0.05) is 13.3 Å². The molecule has 0 aliphatic carbocycles. The van der Waals surface area contributed by atoms with Gasteiger partial charge in [-0.1, -0.05) is 34.8 Å². The van der Waals surface area contributed by atoms with E-state index >= 15 is 0 Å². The minimum Gasteiger partial charge on any atom is -0.464 e. The van der Waals surface area contributed by atoms with Gasteiger partial charge in [-0.15, -0.1) is 0 Å². The monoisotopic (exact) mass is 488 g/mol. The number of nitrogens with one attached hydrogen (secondary N) is 1. The molecule has 1 aliphatic heterocycles. The number of carbonyl (C=O) groups excluding carboxylic acids is 6. The van der Waals surface area contributed by atoms with Gasteiger partial charge in [0.15, 0.2) is 0 Å². The van der Waals surface area contributed by atoms with Gasteiger partial charge in [0.1, 0.15) is 6.61 Å². The molecule has 1 rings (SSSR count). The summed E-state index contributed by atoms with van der Waals surface area (Å²) in [6.45, 7) is 2.59. The zero-order valence-electron chi connectivity index (χ0n) is 16.2. The van der Waals surface area contributed by atoms with Gasteiger partial charge in [-0.3, -0.25) is 14.4 Å². The molecule has 1 atom stereocenters. The first kappa shape index (κ1) is 25.9. The van der Waals surface area contributed by atoms with Gasteiger partial charge in [-0.05, 0) is 13.8 Å². The molecule has 4 amide bonds. The molecular weight excluding hydrogens is 471 g/mol. The molecule has 0 aromatic carbocycles. The third kappa shape index (κ3) is 5.73. The number of esters is 2. The molecule has 1 unspecified atom stereocenters. The smallest absolute Gasteiger partial charge is 0.423 e. The Morgan fingerprint density at radius 1 is 1.03 bits per heavy atom. The summed E-state index contributed by atoms with van der Waals surface area (Å²) in [4.78, 5) is 74.6. The molecule has 1 fully saturated rings. The number of rotatable bonds is 7. The molecule has 1 saturated heterocycles. The van der Waals surface area contributed by atoms with E-state index in [9.17, 15) is 28.8 Å². The Morgan fingerprint density at radius 2 is 1.53 bits per heavy atom. The fourth-order valence-electron chi connectivity index (χ4n) is 2.69. The maximum Gasteiger partial charge on any atom is 0.423 e. The van der Waals surface area contributed by atoms with Crippen LogP contribution in [-0.4, -0.2) is 69.8 Å². The molecule has 0 bridgehead atoms. The van der Waals surface area contributed by atoms with Crippen LogP contribution in [0.1, 0.15) is 27.2 Å². The maximum atomic E-state index is 12.9. The Balaban J connectivity index is 3.39. The second-order valence-corrected chi connectivity index (χ2v) is 8.44. The van der Waals surface area contributed by atoms with E-state index in [0.717, 1.165) is 6.92 Å². The van der Waals surface area contributed by atoms with Crippen LogP contribution in [0.5, 0.6) is 0 Å². The van der Waals surface area contributed by atoms with Crippen LogP contribution < -0.4 is 5.32 Å². The Hall–Kier alpha value is -2.11. The Labute approximate surface area is 186 Å². The summed E-state index contributed by atoms with van der Waals surface area (Å²) < 4.78 is 12.3. The number of carbonyl (C=O) groups is 6. The van der Waals surface area contributed by atoms with Gasteiger partial charge in [0.05, 0.1) is 19.1 Å². The number of hydrogen-bond donors (Lipinski definition) is 1. The molecule has 0 aromatic heterocycles. The molecule has 14 heteroatoms. The molecule has 0 saturated carbocycles. The lowest BCUT2D eigenvalue weighted by atomic mass is 9.82. The average molecular weight is 490 g/mol. The van der Waals surface area contributed by atoms with Crippen molar-refractivity contribution in [2.75, 3.05) is 19.8 Å². The minimum atomic E-state index is -2.70. The van der Waals surface area contributed by atoms with Crippen molar-refractivity contribution in [2.24, 2.45) is 5.92 Å². The fraction of sp³-hybridized carbons (Fsp3) is 0.625. The highest BCUT2D eigenvalue weighted by molar-refractivity contribution is 6.67. The highest BCUT2D eigenvalue weighted by Crippen LogP contribution is 2.34. The van der Waals surface area contributed by atoms with E-state index in [1.807, 2.05) is 0 Å². The molecule has 1 aliphatic rings. The molecular formula is C16H19Cl3N2O9. The molecule has 11 nitrogen and oxygen atoms in total. The van der Waals surface area contributed by atoms with Gasteiger partial charge < -0.3 is 19.5 Å². The molecule has 0 radical (unpaired) electrons. The van der Waals surface area contributed by atoms with Gasteiger partial charge in [-0.2, -0.15) is 4.90 Å². The van der Waals surface area contributed by atoms with Gasteiger partial charge >= 0.3 is 18.0 Å². The van der Waals surface area contributed by atoms with Crippen LogP contribution in [0, 0.1) is 5.92 Å². The summed E-state index contributed by atoms with van der Waals surface area (Å²) in [6, 6.07) is 0. The highest BCUT2D eigenvalue weighted by Gasteiger charge is 2.64. The number of amides is 4. The van der Waals surface area contributed by atoms with E-state index in [4.69, 9.17) is 44.3 Å². The number of imide groups is 3. The van der Waals surface area contributed by atoms with E-state index in [2.05, 4.69) is 10.1 Å². The molecule has 0 aromatic rings. The third-order valence-corrected chi connectivity index (χ3v) is 4.11. The van der Waals surface area contributed by atoms with Crippen LogP contribution in [0.3, 0.4) is 0 Å². The Morgan fingerprint density at radius 3 is 1.93 bits per heavy atom. The number of hydrogen-bond acceptors (Lipinski definition) is 9. The van der Waals surface area contributed by atoms with Crippen LogP contribution in [0.4, 0.5) is 4.79 Å². The van der Waals surface area contributed by atoms with Crippen LogP contribution in [0.25, 0.3) is 0 Å². The van der Waals surface area contributed by atoms with Gasteiger partial charge in [0.25, 0.3) is 0 Å². The third-order valence-electron chi connectivity index (χ3n) is 3.78. The summed E-state index contributed by atoms with van der Waals surface area (Å²) in [5.74, 6) is -7.81. The summed E-state index contributed by atoms with van der Waals surface area (Å²) >= 11 is 16.4. The SMILES string of the molecule is CCOC(=O)C(NC(C)=O)(C(=O)OCC)C1CC(=O)N(C(=O)OCC(Cl)(Cl)Cl)C1=O. The molecule has 168 valence electrons. The molecule has 1 heterocycles. The predicted molar refractivity (Wildman–Crippen MR) is 101 cm³/mol. The summed E-state index contributed by atoms with van der Waals surface area (Å²) in [5, 5.41) is 2.07. The maximum absolute atomic E-state index is 12.9. The van der Waals surface area contributed by atoms with Gasteiger partial charge in [-0.25, -0.2) is 14.4 Å². The lowest BCUT2D eigenvalue weighted by molar-refractivity contribution is -0.173. The second kappa shape index (κ2) is 10.3. The quantitative estimate of drug-likeness (QED) is 0.181. The van der Waals surface area contributed by atoms with E-state index in [1.54, 1.807) is 0 Å². The van der Waals surface area contributed by atoms with Crippen molar-refractivity contribution in [1.29, 1.82) is 0 Å². The first-order chi connectivity index (χ1) is 13.8. The van der Waals surface area contributed by atoms with Crippen molar-refractivity contribution in [3.05, 3.63) is 0 Å². The van der Waals surface area contributed by atoms with E-state index in [0.29, 0.717) is 0 Å². The first-order valence-corrected chi connectivity index (χ1v) is 9.68. The number of likely N-dealkylation sites (tertiary alicyclic amines) is 1. The number of halogens is 3. The van der Waals surface area contributed by atoms with Crippen LogP contribution in [0.2, 0.25) is 0 Å². The summed E-state index contributed by atoms with van der Waals surface area (Å²) in [5.41, 5.74) is -2.70. The van der Waals surface area contributed by atoms with Crippen molar-refractivity contribution in [1.82, 2.24) is 10.2 Å². The fourth-order valence-corrected chi connectivity index (χ4v) is 2.86. The zero-order valence-corrected chi connectivity index (χ0v) is 18.4. The average Bonchev–Trinajstić information content (AvgIpc) is 2.91. The minimum absolute atomic E-state index is 0.0517. The lowest BCUT2D eigenvalue weighted by Crippen LogP contribution is -2.67. The molecule has 1 N–H and O–H groups in total. The Kier molecular flexibility index (Phi) is 8.88. The largest absolute Gasteiger partial charge is 0.464 e. The predicted octanol–water partition coefficient (Wildman–Crippen LogP) is 0.869. The normalized spacial score (nSPS) is 16.9. The number of nitrogens with zero attached hydrogens (tertiary/aromatic N) is 1.